The molecular formula is C30H27NO3. The highest BCUT2D eigenvalue weighted by Crippen LogP contribution is 2.16. The summed E-state index contributed by atoms with van der Waals surface area (Å²) in [5.74, 6) is -0.170. The number of nitrogens with one attached hydrogen (secondary N) is 1. The average molecular weight is 450 g/mol. The fourth-order valence-electron chi connectivity index (χ4n) is 3.43. The van der Waals surface area contributed by atoms with Gasteiger partial charge in [0.25, 0.3) is 5.91 Å². The Hall–Kier alpha value is -4.31. The number of aldehydes is 1. The van der Waals surface area contributed by atoms with Gasteiger partial charge in [0.2, 0.25) is 0 Å². The van der Waals surface area contributed by atoms with Crippen molar-refractivity contribution in [2.45, 2.75) is 19.4 Å². The summed E-state index contributed by atoms with van der Waals surface area (Å²) in [6, 6.07) is 31.8. The number of amides is 1. The van der Waals surface area contributed by atoms with Crippen molar-refractivity contribution in [2.75, 3.05) is 0 Å². The van der Waals surface area contributed by atoms with Crippen LogP contribution < -0.4 is 5.32 Å². The van der Waals surface area contributed by atoms with Crippen LogP contribution in [0.3, 0.4) is 0 Å². The summed E-state index contributed by atoms with van der Waals surface area (Å²) in [6.45, 7) is 1.85. The highest BCUT2D eigenvalue weighted by Gasteiger charge is 2.13. The van der Waals surface area contributed by atoms with Crippen molar-refractivity contribution >= 4 is 28.7 Å². The Morgan fingerprint density at radius 1 is 0.765 bits per heavy atom. The second-order valence-corrected chi connectivity index (χ2v) is 7.70. The molecule has 0 heterocycles. The molecule has 170 valence electrons. The van der Waals surface area contributed by atoms with E-state index in [2.05, 4.69) is 5.32 Å². The minimum absolute atomic E-state index is 0.0586. The van der Waals surface area contributed by atoms with Gasteiger partial charge in [0.1, 0.15) is 6.29 Å². The molecule has 1 atom stereocenters. The Bertz CT molecular complexity index is 1260. The molecule has 0 saturated carbocycles. The minimum Gasteiger partial charge on any atom is -0.342 e. The SMILES string of the molecule is C/C=C/C(=O)c1ccc2ccccc2c1.O=C[C@H](Cc1ccccc1)NC(=O)c1ccccc1. The van der Waals surface area contributed by atoms with Crippen LogP contribution in [0.5, 0.6) is 0 Å². The van der Waals surface area contributed by atoms with Crippen molar-refractivity contribution in [3.63, 3.8) is 0 Å². The van der Waals surface area contributed by atoms with Crippen molar-refractivity contribution in [1.82, 2.24) is 5.32 Å². The van der Waals surface area contributed by atoms with Gasteiger partial charge in [-0.1, -0.05) is 91.0 Å². The molecule has 0 spiro atoms. The second-order valence-electron chi connectivity index (χ2n) is 7.70. The first-order valence-corrected chi connectivity index (χ1v) is 11.1. The van der Waals surface area contributed by atoms with Crippen LogP contribution in [0.2, 0.25) is 0 Å². The summed E-state index contributed by atoms with van der Waals surface area (Å²) in [5.41, 5.74) is 2.32. The Labute approximate surface area is 199 Å². The van der Waals surface area contributed by atoms with E-state index in [4.69, 9.17) is 0 Å². The third-order valence-electron chi connectivity index (χ3n) is 5.17. The summed E-state index contributed by atoms with van der Waals surface area (Å²) in [6.07, 6.45) is 4.62. The third kappa shape index (κ3) is 7.10. The van der Waals surface area contributed by atoms with E-state index in [1.807, 2.05) is 85.8 Å². The molecule has 0 aliphatic heterocycles. The molecule has 0 radical (unpaired) electrons. The Kier molecular flexibility index (Phi) is 9.06. The standard InChI is InChI=1S/C16H15NO2.C14H12O/c18-12-15(11-13-7-3-1-4-8-13)17-16(19)14-9-5-2-6-10-14;1-2-5-14(15)13-9-8-11-6-3-4-7-12(11)10-13/h1-10,12,15H,11H2,(H,17,19);2-10H,1H3/b;5-2+/t15-;/m0./s1. The van der Waals surface area contributed by atoms with E-state index < -0.39 is 6.04 Å². The molecule has 4 aromatic carbocycles. The molecule has 4 rings (SSSR count). The van der Waals surface area contributed by atoms with Gasteiger partial charge in [-0.05, 0) is 54.0 Å². The molecule has 0 bridgehead atoms. The lowest BCUT2D eigenvalue weighted by Gasteiger charge is -2.12. The van der Waals surface area contributed by atoms with Crippen molar-refractivity contribution in [3.8, 4) is 0 Å². The van der Waals surface area contributed by atoms with Crippen molar-refractivity contribution in [3.05, 3.63) is 132 Å². The van der Waals surface area contributed by atoms with Crippen LogP contribution in [0.25, 0.3) is 10.8 Å². The van der Waals surface area contributed by atoms with Crippen molar-refractivity contribution < 1.29 is 14.4 Å². The van der Waals surface area contributed by atoms with Gasteiger partial charge in [-0.3, -0.25) is 9.59 Å². The average Bonchev–Trinajstić information content (AvgIpc) is 2.89. The van der Waals surface area contributed by atoms with Crippen LogP contribution in [0.4, 0.5) is 0 Å². The zero-order chi connectivity index (χ0) is 24.2. The van der Waals surface area contributed by atoms with Gasteiger partial charge < -0.3 is 10.1 Å². The quantitative estimate of drug-likeness (QED) is 0.219. The fraction of sp³-hybridized carbons (Fsp3) is 0.100. The zero-order valence-corrected chi connectivity index (χ0v) is 19.1. The molecule has 0 aromatic heterocycles. The fourth-order valence-corrected chi connectivity index (χ4v) is 3.43. The molecule has 0 aliphatic rings. The number of carbonyl (C=O) groups is 3. The molecule has 0 saturated heterocycles. The molecule has 0 aliphatic carbocycles. The highest BCUT2D eigenvalue weighted by atomic mass is 16.2. The van der Waals surface area contributed by atoms with Gasteiger partial charge in [0.05, 0.1) is 6.04 Å². The van der Waals surface area contributed by atoms with Gasteiger partial charge >= 0.3 is 0 Å². The Balaban J connectivity index is 0.000000196. The van der Waals surface area contributed by atoms with E-state index in [0.29, 0.717) is 12.0 Å². The first kappa shape index (κ1) is 24.3. The number of fused-ring (bicyclic) bond motifs is 1. The molecule has 4 aromatic rings. The summed E-state index contributed by atoms with van der Waals surface area (Å²) in [5, 5.41) is 4.99. The molecule has 0 fully saturated rings. The molecule has 1 N–H and O–H groups in total. The van der Waals surface area contributed by atoms with Crippen LogP contribution in [-0.2, 0) is 11.2 Å². The topological polar surface area (TPSA) is 63.2 Å². The molecule has 0 unspecified atom stereocenters. The maximum atomic E-state index is 11.9. The van der Waals surface area contributed by atoms with E-state index in [-0.39, 0.29) is 11.7 Å². The minimum atomic E-state index is -0.505. The number of benzene rings is 4. The summed E-state index contributed by atoms with van der Waals surface area (Å²) >= 11 is 0. The van der Waals surface area contributed by atoms with E-state index >= 15 is 0 Å². The number of hydrogen-bond acceptors (Lipinski definition) is 3. The largest absolute Gasteiger partial charge is 0.342 e. The predicted octanol–water partition coefficient (Wildman–Crippen LogP) is 5.83. The molecule has 1 amide bonds. The Morgan fingerprint density at radius 2 is 1.38 bits per heavy atom. The van der Waals surface area contributed by atoms with Gasteiger partial charge in [-0.15, -0.1) is 0 Å². The third-order valence-corrected chi connectivity index (χ3v) is 5.17. The maximum Gasteiger partial charge on any atom is 0.251 e. The number of carbonyl (C=O) groups excluding carboxylic acids is 3. The van der Waals surface area contributed by atoms with Crippen LogP contribution in [0.1, 0.15) is 33.2 Å². The number of rotatable bonds is 7. The molecule has 34 heavy (non-hydrogen) atoms. The second kappa shape index (κ2) is 12.7. The lowest BCUT2D eigenvalue weighted by molar-refractivity contribution is -0.109. The van der Waals surface area contributed by atoms with Crippen molar-refractivity contribution in [1.29, 1.82) is 0 Å². The smallest absolute Gasteiger partial charge is 0.251 e. The summed E-state index contributed by atoms with van der Waals surface area (Å²) in [4.78, 5) is 34.6. The summed E-state index contributed by atoms with van der Waals surface area (Å²) < 4.78 is 0. The van der Waals surface area contributed by atoms with Crippen LogP contribution in [0.15, 0.2) is 115 Å². The number of allylic oxidation sites excluding steroid dienone is 2. The number of ketones is 1. The van der Waals surface area contributed by atoms with Crippen LogP contribution >= 0.6 is 0 Å². The normalized spacial score (nSPS) is 11.3. The lowest BCUT2D eigenvalue weighted by Crippen LogP contribution is -2.37. The Morgan fingerprint density at radius 3 is 2.03 bits per heavy atom. The van der Waals surface area contributed by atoms with Gasteiger partial charge in [0, 0.05) is 11.1 Å². The van der Waals surface area contributed by atoms with Gasteiger partial charge in [0.15, 0.2) is 5.78 Å². The first-order valence-electron chi connectivity index (χ1n) is 11.1. The van der Waals surface area contributed by atoms with E-state index in [1.165, 1.54) is 0 Å². The van der Waals surface area contributed by atoms with E-state index in [0.717, 1.165) is 28.2 Å². The maximum absolute atomic E-state index is 11.9. The first-order chi connectivity index (χ1) is 16.6. The number of hydrogen-bond donors (Lipinski definition) is 1. The van der Waals surface area contributed by atoms with Crippen LogP contribution in [0, 0.1) is 0 Å². The monoisotopic (exact) mass is 449 g/mol. The van der Waals surface area contributed by atoms with E-state index in [9.17, 15) is 14.4 Å². The van der Waals surface area contributed by atoms with Gasteiger partial charge in [-0.25, -0.2) is 0 Å². The van der Waals surface area contributed by atoms with Crippen LogP contribution in [-0.4, -0.2) is 24.0 Å². The van der Waals surface area contributed by atoms with E-state index in [1.54, 1.807) is 36.4 Å². The predicted molar refractivity (Wildman–Crippen MR) is 137 cm³/mol. The highest BCUT2D eigenvalue weighted by molar-refractivity contribution is 6.06. The molecule has 4 nitrogen and oxygen atoms in total. The lowest BCUT2D eigenvalue weighted by atomic mass is 10.0. The molecular weight excluding hydrogens is 422 g/mol. The summed E-state index contributed by atoms with van der Waals surface area (Å²) in [7, 11) is 0. The zero-order valence-electron chi connectivity index (χ0n) is 19.1. The van der Waals surface area contributed by atoms with Gasteiger partial charge in [-0.2, -0.15) is 0 Å². The molecule has 4 heteroatoms. The van der Waals surface area contributed by atoms with Crippen molar-refractivity contribution in [2.24, 2.45) is 0 Å².